The number of nitrogens with one attached hydrogen (secondary N) is 1. The molecule has 146 valence electrons. The van der Waals surface area contributed by atoms with E-state index in [-0.39, 0.29) is 17.3 Å². The molecular formula is C22H19N3O3S. The van der Waals surface area contributed by atoms with Gasteiger partial charge in [0.05, 0.1) is 16.0 Å². The number of hydrogen-bond acceptors (Lipinski definition) is 5. The van der Waals surface area contributed by atoms with Crippen molar-refractivity contribution < 1.29 is 13.2 Å². The fourth-order valence-electron chi connectivity index (χ4n) is 2.57. The van der Waals surface area contributed by atoms with Crippen LogP contribution in [0.25, 0.3) is 0 Å². The number of benzene rings is 1. The molecule has 1 aromatic carbocycles. The Hall–Kier alpha value is -3.50. The third-order valence-corrected chi connectivity index (χ3v) is 5.26. The lowest BCUT2D eigenvalue weighted by molar-refractivity contribution is 0.0950. The van der Waals surface area contributed by atoms with E-state index in [9.17, 15) is 13.2 Å². The highest BCUT2D eigenvalue weighted by Crippen LogP contribution is 2.11. The van der Waals surface area contributed by atoms with Gasteiger partial charge in [0.2, 0.25) is 0 Å². The molecule has 0 spiro atoms. The van der Waals surface area contributed by atoms with Crippen LogP contribution in [0.4, 0.5) is 0 Å². The molecule has 7 heteroatoms. The molecule has 0 unspecified atom stereocenters. The molecule has 0 aliphatic carbocycles. The lowest BCUT2D eigenvalue weighted by atomic mass is 10.1. The summed E-state index contributed by atoms with van der Waals surface area (Å²) < 4.78 is 23.0. The number of hydrogen-bond donors (Lipinski definition) is 1. The lowest BCUT2D eigenvalue weighted by Gasteiger charge is -2.07. The summed E-state index contributed by atoms with van der Waals surface area (Å²) in [6.45, 7) is 0.273. The van der Waals surface area contributed by atoms with E-state index in [1.165, 1.54) is 12.1 Å². The first-order valence-corrected chi connectivity index (χ1v) is 10.7. The summed E-state index contributed by atoms with van der Waals surface area (Å²) in [5.74, 6) is 5.79. The molecular weight excluding hydrogens is 386 g/mol. The summed E-state index contributed by atoms with van der Waals surface area (Å²) in [7, 11) is -3.24. The van der Waals surface area contributed by atoms with Crippen LogP contribution in [0, 0.1) is 11.8 Å². The van der Waals surface area contributed by atoms with E-state index >= 15 is 0 Å². The van der Waals surface area contributed by atoms with Crippen molar-refractivity contribution in [2.24, 2.45) is 0 Å². The van der Waals surface area contributed by atoms with E-state index in [0.29, 0.717) is 17.5 Å². The predicted octanol–water partition coefficient (Wildman–Crippen LogP) is 2.40. The van der Waals surface area contributed by atoms with Gasteiger partial charge in [-0.2, -0.15) is 0 Å². The standard InChI is InChI=1S/C22H19N3O3S/c1-29(27,28)20-7-5-18(6-8-20)15-25-22(26)21-11-14-24-16-19(21)4-2-3-17-9-12-23-13-10-17/h5-14,16H,3,15H2,1H3,(H,25,26). The van der Waals surface area contributed by atoms with Crippen LogP contribution in [-0.2, 0) is 22.8 Å². The van der Waals surface area contributed by atoms with Gasteiger partial charge in [0.25, 0.3) is 5.91 Å². The zero-order valence-corrected chi connectivity index (χ0v) is 16.6. The molecule has 6 nitrogen and oxygen atoms in total. The van der Waals surface area contributed by atoms with Crippen LogP contribution in [-0.4, -0.2) is 30.5 Å². The maximum atomic E-state index is 12.6. The fourth-order valence-corrected chi connectivity index (χ4v) is 3.20. The zero-order chi connectivity index (χ0) is 20.7. The number of amides is 1. The molecule has 3 rings (SSSR count). The molecule has 0 aliphatic heterocycles. The first-order valence-electron chi connectivity index (χ1n) is 8.82. The van der Waals surface area contributed by atoms with Gasteiger partial charge in [-0.05, 0) is 41.5 Å². The van der Waals surface area contributed by atoms with Crippen LogP contribution < -0.4 is 5.32 Å². The van der Waals surface area contributed by atoms with Crippen molar-refractivity contribution in [3.05, 3.63) is 89.5 Å². The van der Waals surface area contributed by atoms with E-state index in [1.807, 2.05) is 12.1 Å². The topological polar surface area (TPSA) is 89.0 Å². The maximum Gasteiger partial charge on any atom is 0.252 e. The Bertz CT molecular complexity index is 1160. The Balaban J connectivity index is 1.67. The van der Waals surface area contributed by atoms with Crippen LogP contribution in [0.5, 0.6) is 0 Å². The monoisotopic (exact) mass is 405 g/mol. The third-order valence-electron chi connectivity index (χ3n) is 4.14. The molecule has 29 heavy (non-hydrogen) atoms. The van der Waals surface area contributed by atoms with Gasteiger partial charge >= 0.3 is 0 Å². The number of rotatable bonds is 5. The van der Waals surface area contributed by atoms with Crippen molar-refractivity contribution in [1.29, 1.82) is 0 Å². The van der Waals surface area contributed by atoms with Crippen LogP contribution >= 0.6 is 0 Å². The first-order chi connectivity index (χ1) is 13.9. The highest BCUT2D eigenvalue weighted by Gasteiger charge is 2.11. The maximum absolute atomic E-state index is 12.6. The van der Waals surface area contributed by atoms with Gasteiger partial charge in [-0.3, -0.25) is 14.8 Å². The molecule has 0 bridgehead atoms. The molecule has 2 heterocycles. The summed E-state index contributed by atoms with van der Waals surface area (Å²) in [6, 6.07) is 11.8. The number of sulfone groups is 1. The van der Waals surface area contributed by atoms with Crippen molar-refractivity contribution in [3.63, 3.8) is 0 Å². The molecule has 3 aromatic rings. The van der Waals surface area contributed by atoms with E-state index in [0.717, 1.165) is 17.4 Å². The second kappa shape index (κ2) is 9.13. The minimum absolute atomic E-state index is 0.244. The Morgan fingerprint density at radius 3 is 2.34 bits per heavy atom. The van der Waals surface area contributed by atoms with Gasteiger partial charge in [0.1, 0.15) is 0 Å². The molecule has 1 amide bonds. The molecule has 1 N–H and O–H groups in total. The van der Waals surface area contributed by atoms with Crippen LogP contribution in [0.1, 0.15) is 27.0 Å². The smallest absolute Gasteiger partial charge is 0.252 e. The van der Waals surface area contributed by atoms with Gasteiger partial charge in [-0.1, -0.05) is 24.0 Å². The zero-order valence-electron chi connectivity index (χ0n) is 15.8. The summed E-state index contributed by atoms with van der Waals surface area (Å²) in [6.07, 6.45) is 8.24. The fraction of sp³-hybridized carbons (Fsp3) is 0.136. The number of pyridine rings is 2. The predicted molar refractivity (Wildman–Crippen MR) is 110 cm³/mol. The second-order valence-electron chi connectivity index (χ2n) is 6.35. The molecule has 0 saturated heterocycles. The Kier molecular flexibility index (Phi) is 6.37. The summed E-state index contributed by atoms with van der Waals surface area (Å²) in [5, 5.41) is 2.83. The van der Waals surface area contributed by atoms with Crippen LogP contribution in [0.2, 0.25) is 0 Å². The van der Waals surface area contributed by atoms with Crippen molar-refractivity contribution in [3.8, 4) is 11.8 Å². The van der Waals surface area contributed by atoms with Gasteiger partial charge in [0, 0.05) is 44.0 Å². The second-order valence-corrected chi connectivity index (χ2v) is 8.37. The molecule has 0 fully saturated rings. The average Bonchev–Trinajstić information content (AvgIpc) is 2.73. The highest BCUT2D eigenvalue weighted by molar-refractivity contribution is 7.90. The van der Waals surface area contributed by atoms with Gasteiger partial charge < -0.3 is 5.32 Å². The van der Waals surface area contributed by atoms with Crippen molar-refractivity contribution >= 4 is 15.7 Å². The van der Waals surface area contributed by atoms with Gasteiger partial charge in [0.15, 0.2) is 9.84 Å². The molecule has 2 aromatic heterocycles. The molecule has 0 aliphatic rings. The number of aromatic nitrogens is 2. The van der Waals surface area contributed by atoms with E-state index < -0.39 is 9.84 Å². The Morgan fingerprint density at radius 2 is 1.66 bits per heavy atom. The average molecular weight is 405 g/mol. The Labute approximate surface area is 170 Å². The first kappa shape index (κ1) is 20.2. The number of carbonyl (C=O) groups is 1. The minimum Gasteiger partial charge on any atom is -0.348 e. The molecule has 0 atom stereocenters. The number of carbonyl (C=O) groups excluding carboxylic acids is 1. The van der Waals surface area contributed by atoms with Gasteiger partial charge in [-0.25, -0.2) is 8.42 Å². The molecule has 0 saturated carbocycles. The molecule has 0 radical (unpaired) electrons. The number of nitrogens with zero attached hydrogens (tertiary/aromatic N) is 2. The van der Waals surface area contributed by atoms with Crippen LogP contribution in [0.3, 0.4) is 0 Å². The summed E-state index contributed by atoms with van der Waals surface area (Å²) >= 11 is 0. The largest absolute Gasteiger partial charge is 0.348 e. The lowest BCUT2D eigenvalue weighted by Crippen LogP contribution is -2.23. The quantitative estimate of drug-likeness (QED) is 0.659. The van der Waals surface area contributed by atoms with Crippen molar-refractivity contribution in [2.75, 3.05) is 6.26 Å². The minimum atomic E-state index is -3.24. The summed E-state index contributed by atoms with van der Waals surface area (Å²) in [4.78, 5) is 20.9. The van der Waals surface area contributed by atoms with Crippen molar-refractivity contribution in [2.45, 2.75) is 17.9 Å². The summed E-state index contributed by atoms with van der Waals surface area (Å²) in [5.41, 5.74) is 2.83. The SMILES string of the molecule is CS(=O)(=O)c1ccc(CNC(=O)c2ccncc2C#CCc2ccncc2)cc1. The highest BCUT2D eigenvalue weighted by atomic mass is 32.2. The normalized spacial score (nSPS) is 10.7. The van der Waals surface area contributed by atoms with Crippen molar-refractivity contribution in [1.82, 2.24) is 15.3 Å². The van der Waals surface area contributed by atoms with E-state index in [4.69, 9.17) is 0 Å². The van der Waals surface area contributed by atoms with Gasteiger partial charge in [-0.15, -0.1) is 0 Å². The van der Waals surface area contributed by atoms with E-state index in [1.54, 1.807) is 43.0 Å². The van der Waals surface area contributed by atoms with E-state index in [2.05, 4.69) is 27.1 Å². The van der Waals surface area contributed by atoms with Crippen LogP contribution in [0.15, 0.2) is 72.1 Å². The Morgan fingerprint density at radius 1 is 0.966 bits per heavy atom. The third kappa shape index (κ3) is 5.74.